The van der Waals surface area contributed by atoms with Gasteiger partial charge >= 0.3 is 5.97 Å². The monoisotopic (exact) mass is 512 g/mol. The van der Waals surface area contributed by atoms with E-state index in [9.17, 15) is 29.1 Å². The highest BCUT2D eigenvalue weighted by atomic mass is 16.4. The topological polar surface area (TPSA) is 192 Å². The molecule has 4 rings (SSSR count). The van der Waals surface area contributed by atoms with Crippen LogP contribution in [-0.4, -0.2) is 86.7 Å². The van der Waals surface area contributed by atoms with Crippen LogP contribution in [0.25, 0.3) is 10.9 Å². The molecule has 2 saturated heterocycles. The Labute approximate surface area is 213 Å². The van der Waals surface area contributed by atoms with Crippen molar-refractivity contribution in [2.45, 2.75) is 62.7 Å². The van der Waals surface area contributed by atoms with Gasteiger partial charge in [-0.2, -0.15) is 0 Å². The third-order valence-electron chi connectivity index (χ3n) is 7.11. The van der Waals surface area contributed by atoms with Crippen molar-refractivity contribution in [2.24, 2.45) is 11.5 Å². The van der Waals surface area contributed by atoms with Crippen molar-refractivity contribution in [2.75, 3.05) is 13.1 Å². The van der Waals surface area contributed by atoms with E-state index in [1.807, 2.05) is 30.5 Å². The fraction of sp³-hybridized carbons (Fsp3) is 0.480. The molecule has 1 aromatic carbocycles. The summed E-state index contributed by atoms with van der Waals surface area (Å²) in [7, 11) is 0. The molecule has 4 atom stereocenters. The third kappa shape index (κ3) is 5.58. The third-order valence-corrected chi connectivity index (χ3v) is 7.11. The minimum absolute atomic E-state index is 0.206. The molecule has 1 aromatic heterocycles. The Morgan fingerprint density at radius 1 is 1.03 bits per heavy atom. The zero-order valence-corrected chi connectivity index (χ0v) is 20.4. The predicted molar refractivity (Wildman–Crippen MR) is 133 cm³/mol. The first-order valence-corrected chi connectivity index (χ1v) is 12.4. The van der Waals surface area contributed by atoms with E-state index in [0.29, 0.717) is 25.8 Å². The lowest BCUT2D eigenvalue weighted by Gasteiger charge is -2.30. The number of hydrogen-bond acceptors (Lipinski definition) is 6. The molecule has 0 spiro atoms. The number of nitrogens with one attached hydrogen (secondary N) is 2. The number of nitrogens with zero attached hydrogens (tertiary/aromatic N) is 2. The Morgan fingerprint density at radius 3 is 2.35 bits per heavy atom. The molecular weight excluding hydrogens is 480 g/mol. The standard InChI is InChI=1S/C25H32N6O6/c26-16(11-14-13-28-17-6-2-1-5-15(14)17)23(34)30-9-3-7-19(30)22(33)29-18(12-21(27)32)24(35)31-10-4-8-20(31)25(36)37/h1-2,5-6,13,16,18-20,28H,3-4,7-12,26H2,(H2,27,32)(H,29,33)(H,36,37). The van der Waals surface area contributed by atoms with Crippen molar-refractivity contribution in [1.82, 2.24) is 20.1 Å². The van der Waals surface area contributed by atoms with Crippen molar-refractivity contribution in [1.29, 1.82) is 0 Å². The summed E-state index contributed by atoms with van der Waals surface area (Å²) in [6.45, 7) is 0.539. The average Bonchev–Trinajstić information content (AvgIpc) is 3.62. The van der Waals surface area contributed by atoms with Gasteiger partial charge in [-0.1, -0.05) is 18.2 Å². The maximum Gasteiger partial charge on any atom is 0.326 e. The number of aromatic nitrogens is 1. The second kappa shape index (κ2) is 11.0. The van der Waals surface area contributed by atoms with Crippen molar-refractivity contribution in [3.63, 3.8) is 0 Å². The number of aliphatic carboxylic acids is 1. The molecule has 3 heterocycles. The van der Waals surface area contributed by atoms with Crippen LogP contribution < -0.4 is 16.8 Å². The number of para-hydroxylation sites is 1. The van der Waals surface area contributed by atoms with Crippen molar-refractivity contribution >= 4 is 40.5 Å². The highest BCUT2D eigenvalue weighted by Crippen LogP contribution is 2.23. The molecule has 37 heavy (non-hydrogen) atoms. The smallest absolute Gasteiger partial charge is 0.326 e. The van der Waals surface area contributed by atoms with E-state index in [1.54, 1.807) is 0 Å². The van der Waals surface area contributed by atoms with Crippen molar-refractivity contribution in [3.8, 4) is 0 Å². The number of carbonyl (C=O) groups is 5. The van der Waals surface area contributed by atoms with Crippen molar-refractivity contribution < 1.29 is 29.1 Å². The molecule has 2 aliphatic heterocycles. The molecule has 4 amide bonds. The van der Waals surface area contributed by atoms with E-state index in [4.69, 9.17) is 11.5 Å². The zero-order valence-electron chi connectivity index (χ0n) is 20.4. The molecule has 7 N–H and O–H groups in total. The lowest BCUT2D eigenvalue weighted by molar-refractivity contribution is -0.150. The van der Waals surface area contributed by atoms with Gasteiger partial charge in [-0.05, 0) is 43.7 Å². The van der Waals surface area contributed by atoms with Gasteiger partial charge in [0.15, 0.2) is 0 Å². The molecule has 4 unspecified atom stereocenters. The highest BCUT2D eigenvalue weighted by molar-refractivity contribution is 5.96. The van der Waals surface area contributed by atoms with Gasteiger partial charge in [-0.25, -0.2) is 4.79 Å². The molecule has 0 bridgehead atoms. The number of fused-ring (bicyclic) bond motifs is 1. The van der Waals surface area contributed by atoms with Gasteiger partial charge in [-0.3, -0.25) is 19.2 Å². The van der Waals surface area contributed by atoms with E-state index >= 15 is 0 Å². The lowest BCUT2D eigenvalue weighted by Crippen LogP contribution is -2.57. The summed E-state index contributed by atoms with van der Waals surface area (Å²) < 4.78 is 0. The van der Waals surface area contributed by atoms with Crippen LogP contribution >= 0.6 is 0 Å². The number of likely N-dealkylation sites (tertiary alicyclic amines) is 2. The number of aromatic amines is 1. The fourth-order valence-corrected chi connectivity index (χ4v) is 5.30. The van der Waals surface area contributed by atoms with Crippen molar-refractivity contribution in [3.05, 3.63) is 36.0 Å². The molecule has 2 fully saturated rings. The molecular formula is C25H32N6O6. The van der Waals surface area contributed by atoms with Crippen LogP contribution in [0.4, 0.5) is 0 Å². The minimum Gasteiger partial charge on any atom is -0.480 e. The second-order valence-corrected chi connectivity index (χ2v) is 9.62. The minimum atomic E-state index is -1.32. The second-order valence-electron chi connectivity index (χ2n) is 9.62. The first-order chi connectivity index (χ1) is 17.7. The molecule has 12 heteroatoms. The molecule has 198 valence electrons. The van der Waals surface area contributed by atoms with E-state index in [-0.39, 0.29) is 25.3 Å². The summed E-state index contributed by atoms with van der Waals surface area (Å²) in [6.07, 6.45) is 3.35. The van der Waals surface area contributed by atoms with Gasteiger partial charge < -0.3 is 36.7 Å². The van der Waals surface area contributed by atoms with Gasteiger partial charge in [0.1, 0.15) is 18.1 Å². The summed E-state index contributed by atoms with van der Waals surface area (Å²) in [6, 6.07) is 3.60. The highest BCUT2D eigenvalue weighted by Gasteiger charge is 2.41. The van der Waals surface area contributed by atoms with Crippen LogP contribution in [0.1, 0.15) is 37.7 Å². The number of amides is 4. The quantitative estimate of drug-likeness (QED) is 0.298. The maximum atomic E-state index is 13.2. The summed E-state index contributed by atoms with van der Waals surface area (Å²) in [5, 5.41) is 12.9. The number of benzene rings is 1. The first-order valence-electron chi connectivity index (χ1n) is 12.4. The number of carbonyl (C=O) groups excluding carboxylic acids is 4. The van der Waals surface area contributed by atoms with E-state index in [2.05, 4.69) is 10.3 Å². The number of H-pyrrole nitrogens is 1. The molecule has 12 nitrogen and oxygen atoms in total. The normalized spacial score (nSPS) is 21.1. The Hall–Kier alpha value is -3.93. The predicted octanol–water partition coefficient (Wildman–Crippen LogP) is -0.535. The van der Waals surface area contributed by atoms with Crippen LogP contribution in [-0.2, 0) is 30.4 Å². The average molecular weight is 513 g/mol. The van der Waals surface area contributed by atoms with Crippen LogP contribution in [0.3, 0.4) is 0 Å². The molecule has 2 aliphatic rings. The van der Waals surface area contributed by atoms with Gasteiger partial charge in [0, 0.05) is 30.2 Å². The van der Waals surface area contributed by atoms with E-state index in [1.165, 1.54) is 4.90 Å². The number of primary amides is 1. The van der Waals surface area contributed by atoms with Gasteiger partial charge in [0.2, 0.25) is 23.6 Å². The Kier molecular flexibility index (Phi) is 7.77. The number of nitrogens with two attached hydrogens (primary N) is 2. The Morgan fingerprint density at radius 2 is 1.68 bits per heavy atom. The molecule has 0 radical (unpaired) electrons. The Bertz CT molecular complexity index is 1210. The van der Waals surface area contributed by atoms with Crippen LogP contribution in [0, 0.1) is 0 Å². The SMILES string of the molecule is NC(=O)CC(NC(=O)C1CCCN1C(=O)C(N)Cc1c[nH]c2ccccc12)C(=O)N1CCCC1C(=O)O. The zero-order chi connectivity index (χ0) is 26.7. The number of rotatable bonds is 9. The van der Waals surface area contributed by atoms with Gasteiger partial charge in [0.05, 0.1) is 12.5 Å². The largest absolute Gasteiger partial charge is 0.480 e. The summed E-state index contributed by atoms with van der Waals surface area (Å²) in [5.74, 6) is -3.62. The molecule has 0 aliphatic carbocycles. The van der Waals surface area contributed by atoms with Crippen LogP contribution in [0.5, 0.6) is 0 Å². The summed E-state index contributed by atoms with van der Waals surface area (Å²) >= 11 is 0. The van der Waals surface area contributed by atoms with Gasteiger partial charge in [0.25, 0.3) is 0 Å². The summed E-state index contributed by atoms with van der Waals surface area (Å²) in [5.41, 5.74) is 13.4. The molecule has 2 aromatic rings. The van der Waals surface area contributed by atoms with Crippen LogP contribution in [0.2, 0.25) is 0 Å². The summed E-state index contributed by atoms with van der Waals surface area (Å²) in [4.78, 5) is 68.5. The van der Waals surface area contributed by atoms with Crippen LogP contribution in [0.15, 0.2) is 30.5 Å². The molecule has 0 saturated carbocycles. The maximum absolute atomic E-state index is 13.2. The number of hydrogen-bond donors (Lipinski definition) is 5. The van der Waals surface area contributed by atoms with E-state index in [0.717, 1.165) is 21.4 Å². The number of carboxylic acids is 1. The van der Waals surface area contributed by atoms with E-state index < -0.39 is 54.3 Å². The fourth-order valence-electron chi connectivity index (χ4n) is 5.30. The Balaban J connectivity index is 1.44. The first kappa shape index (κ1) is 26.1. The lowest BCUT2D eigenvalue weighted by atomic mass is 10.0. The van der Waals surface area contributed by atoms with Gasteiger partial charge in [-0.15, -0.1) is 0 Å². The number of carboxylic acid groups (broad SMARTS) is 1.